The molecule has 0 saturated heterocycles. The molecule has 35 heavy (non-hydrogen) atoms. The number of aryl methyl sites for hydroxylation is 1. The van der Waals surface area contributed by atoms with E-state index in [1.165, 1.54) is 23.7 Å². The minimum Gasteiger partial charge on any atom is -0.459 e. The van der Waals surface area contributed by atoms with Crippen LogP contribution in [0.2, 0.25) is 0 Å². The molecule has 2 aromatic heterocycles. The number of rotatable bonds is 8. The molecule has 1 atom stereocenters. The van der Waals surface area contributed by atoms with Crippen LogP contribution in [0.1, 0.15) is 59.8 Å². The molecule has 0 spiro atoms. The molecule has 2 N–H and O–H groups in total. The first kappa shape index (κ1) is 24.2. The van der Waals surface area contributed by atoms with Crippen LogP contribution in [-0.4, -0.2) is 35.3 Å². The van der Waals surface area contributed by atoms with Crippen molar-refractivity contribution < 1.29 is 18.8 Å². The minimum absolute atomic E-state index is 0.0732. The minimum atomic E-state index is -0.943. The number of hydrogen-bond donors (Lipinski definition) is 2. The number of furan rings is 1. The van der Waals surface area contributed by atoms with E-state index in [0.717, 1.165) is 31.2 Å². The molecule has 1 saturated carbocycles. The molecule has 0 unspecified atom stereocenters. The molecule has 0 bridgehead atoms. The Balaban J connectivity index is 1.65. The lowest BCUT2D eigenvalue weighted by Crippen LogP contribution is -2.49. The van der Waals surface area contributed by atoms with Crippen LogP contribution in [0.25, 0.3) is 0 Å². The third-order valence-corrected chi connectivity index (χ3v) is 6.18. The average Bonchev–Trinajstić information content (AvgIpc) is 3.43. The second-order valence-corrected chi connectivity index (χ2v) is 8.79. The van der Waals surface area contributed by atoms with Crippen LogP contribution >= 0.6 is 0 Å². The van der Waals surface area contributed by atoms with Gasteiger partial charge in [0.25, 0.3) is 5.91 Å². The van der Waals surface area contributed by atoms with Crippen molar-refractivity contribution in [3.63, 3.8) is 0 Å². The average molecular weight is 475 g/mol. The SMILES string of the molecule is Cc1ccc(N(C(=O)CNC(=O)c2ccco2)[C@H](C(=O)NC2CCCCC2)c2cccnc2)cc1. The van der Waals surface area contributed by atoms with Gasteiger partial charge in [-0.15, -0.1) is 0 Å². The summed E-state index contributed by atoms with van der Waals surface area (Å²) in [6, 6.07) is 13.2. The van der Waals surface area contributed by atoms with E-state index < -0.39 is 17.9 Å². The van der Waals surface area contributed by atoms with Crippen LogP contribution in [0, 0.1) is 6.92 Å². The highest BCUT2D eigenvalue weighted by molar-refractivity contribution is 6.04. The van der Waals surface area contributed by atoms with Crippen molar-refractivity contribution in [1.29, 1.82) is 0 Å². The molecule has 4 rings (SSSR count). The van der Waals surface area contributed by atoms with Gasteiger partial charge < -0.3 is 15.1 Å². The molecule has 182 valence electrons. The number of hydrogen-bond acceptors (Lipinski definition) is 5. The topological polar surface area (TPSA) is 105 Å². The van der Waals surface area contributed by atoms with Gasteiger partial charge in [-0.2, -0.15) is 0 Å². The van der Waals surface area contributed by atoms with Gasteiger partial charge in [-0.1, -0.05) is 43.0 Å². The highest BCUT2D eigenvalue weighted by Gasteiger charge is 2.34. The standard InChI is InChI=1S/C27H30N4O4/c1-19-11-13-22(14-12-19)31(24(32)18-29-26(33)23-10-6-16-35-23)25(20-7-5-15-28-17-20)27(34)30-21-8-3-2-4-9-21/h5-7,10-17,21,25H,2-4,8-9,18H2,1H3,(H,29,33)(H,30,34)/t25-/m0/s1. The molecule has 8 heteroatoms. The molecular weight excluding hydrogens is 444 g/mol. The molecule has 3 amide bonds. The summed E-state index contributed by atoms with van der Waals surface area (Å²) in [5.74, 6) is -1.09. The van der Waals surface area contributed by atoms with Crippen LogP contribution in [0.5, 0.6) is 0 Å². The maximum atomic E-state index is 13.7. The molecule has 1 aliphatic rings. The van der Waals surface area contributed by atoms with Gasteiger partial charge in [0, 0.05) is 29.7 Å². The Hall–Kier alpha value is -3.94. The van der Waals surface area contributed by atoms with Crippen LogP contribution in [0.15, 0.2) is 71.6 Å². The Bertz CT molecular complexity index is 1120. The number of amides is 3. The van der Waals surface area contributed by atoms with Crippen LogP contribution < -0.4 is 15.5 Å². The fourth-order valence-corrected chi connectivity index (χ4v) is 4.36. The van der Waals surface area contributed by atoms with Crippen molar-refractivity contribution >= 4 is 23.4 Å². The van der Waals surface area contributed by atoms with Crippen molar-refractivity contribution in [3.05, 3.63) is 84.1 Å². The Labute approximate surface area is 204 Å². The van der Waals surface area contributed by atoms with E-state index in [2.05, 4.69) is 15.6 Å². The molecule has 2 heterocycles. The number of aromatic nitrogens is 1. The molecule has 8 nitrogen and oxygen atoms in total. The van der Waals surface area contributed by atoms with E-state index in [1.807, 2.05) is 19.1 Å². The first-order valence-corrected chi connectivity index (χ1v) is 11.9. The van der Waals surface area contributed by atoms with Gasteiger partial charge in [0.1, 0.15) is 6.04 Å². The van der Waals surface area contributed by atoms with Gasteiger partial charge in [-0.25, -0.2) is 0 Å². The Morgan fingerprint density at radius 3 is 2.49 bits per heavy atom. The molecule has 1 aliphatic carbocycles. The van der Waals surface area contributed by atoms with Crippen LogP contribution in [-0.2, 0) is 9.59 Å². The summed E-state index contributed by atoms with van der Waals surface area (Å²) in [5, 5.41) is 5.76. The first-order valence-electron chi connectivity index (χ1n) is 11.9. The second kappa shape index (κ2) is 11.5. The third kappa shape index (κ3) is 6.15. The van der Waals surface area contributed by atoms with Crippen molar-refractivity contribution in [1.82, 2.24) is 15.6 Å². The zero-order chi connectivity index (χ0) is 24.6. The smallest absolute Gasteiger partial charge is 0.287 e. The molecule has 3 aromatic rings. The Morgan fingerprint density at radius 2 is 1.83 bits per heavy atom. The fraction of sp³-hybridized carbons (Fsp3) is 0.333. The third-order valence-electron chi connectivity index (χ3n) is 6.18. The maximum Gasteiger partial charge on any atom is 0.287 e. The first-order chi connectivity index (χ1) is 17.0. The Morgan fingerprint density at radius 1 is 1.06 bits per heavy atom. The van der Waals surface area contributed by atoms with E-state index in [1.54, 1.807) is 42.7 Å². The quantitative estimate of drug-likeness (QED) is 0.515. The van der Waals surface area contributed by atoms with E-state index in [-0.39, 0.29) is 24.3 Å². The van der Waals surface area contributed by atoms with Gasteiger partial charge in [-0.05, 0) is 50.1 Å². The lowest BCUT2D eigenvalue weighted by molar-refractivity contribution is -0.127. The summed E-state index contributed by atoms with van der Waals surface area (Å²) in [4.78, 5) is 45.3. The van der Waals surface area contributed by atoms with Gasteiger partial charge in [0.2, 0.25) is 11.8 Å². The van der Waals surface area contributed by atoms with Crippen LogP contribution in [0.4, 0.5) is 5.69 Å². The molecule has 1 aromatic carbocycles. The highest BCUT2D eigenvalue weighted by atomic mass is 16.3. The second-order valence-electron chi connectivity index (χ2n) is 8.79. The number of nitrogens with zero attached hydrogens (tertiary/aromatic N) is 2. The summed E-state index contributed by atoms with van der Waals surface area (Å²) in [5.41, 5.74) is 2.17. The van der Waals surface area contributed by atoms with Gasteiger partial charge in [0.05, 0.1) is 12.8 Å². The summed E-state index contributed by atoms with van der Waals surface area (Å²) < 4.78 is 5.12. The van der Waals surface area contributed by atoms with E-state index in [4.69, 9.17) is 4.42 Å². The molecule has 0 radical (unpaired) electrons. The number of anilines is 1. The predicted octanol–water partition coefficient (Wildman–Crippen LogP) is 3.94. The number of nitrogens with one attached hydrogen (secondary N) is 2. The lowest BCUT2D eigenvalue weighted by atomic mass is 9.94. The Kier molecular flexibility index (Phi) is 7.92. The monoisotopic (exact) mass is 474 g/mol. The summed E-state index contributed by atoms with van der Waals surface area (Å²) >= 11 is 0. The summed E-state index contributed by atoms with van der Waals surface area (Å²) in [7, 11) is 0. The fourth-order valence-electron chi connectivity index (χ4n) is 4.36. The van der Waals surface area contributed by atoms with Gasteiger partial charge >= 0.3 is 0 Å². The van der Waals surface area contributed by atoms with E-state index in [0.29, 0.717) is 11.3 Å². The van der Waals surface area contributed by atoms with Crippen LogP contribution in [0.3, 0.4) is 0 Å². The molecule has 0 aliphatic heterocycles. The van der Waals surface area contributed by atoms with Crippen molar-refractivity contribution in [2.45, 2.75) is 51.1 Å². The van der Waals surface area contributed by atoms with E-state index >= 15 is 0 Å². The number of pyridine rings is 1. The zero-order valence-electron chi connectivity index (χ0n) is 19.8. The lowest BCUT2D eigenvalue weighted by Gasteiger charge is -2.33. The zero-order valence-corrected chi connectivity index (χ0v) is 19.8. The van der Waals surface area contributed by atoms with Crippen molar-refractivity contribution in [2.75, 3.05) is 11.4 Å². The molecular formula is C27H30N4O4. The number of carbonyl (C=O) groups excluding carboxylic acids is 3. The van der Waals surface area contributed by atoms with Crippen molar-refractivity contribution in [2.24, 2.45) is 0 Å². The number of benzene rings is 1. The largest absolute Gasteiger partial charge is 0.459 e. The summed E-state index contributed by atoms with van der Waals surface area (Å²) in [6.07, 6.45) is 9.77. The number of carbonyl (C=O) groups is 3. The molecule has 1 fully saturated rings. The van der Waals surface area contributed by atoms with Crippen molar-refractivity contribution in [3.8, 4) is 0 Å². The van der Waals surface area contributed by atoms with Gasteiger partial charge in [-0.3, -0.25) is 24.3 Å². The van der Waals surface area contributed by atoms with Gasteiger partial charge in [0.15, 0.2) is 5.76 Å². The summed E-state index contributed by atoms with van der Waals surface area (Å²) in [6.45, 7) is 1.65. The normalized spacial score (nSPS) is 14.7. The highest BCUT2D eigenvalue weighted by Crippen LogP contribution is 2.29. The predicted molar refractivity (Wildman–Crippen MR) is 132 cm³/mol. The van der Waals surface area contributed by atoms with E-state index in [9.17, 15) is 14.4 Å². The maximum absolute atomic E-state index is 13.7.